The number of nitrogens with zero attached hydrogens (tertiary/aromatic N) is 5. The molecule has 0 radical (unpaired) electrons. The summed E-state index contributed by atoms with van der Waals surface area (Å²) >= 11 is 0. The first-order chi connectivity index (χ1) is 20.2. The van der Waals surface area contributed by atoms with Gasteiger partial charge in [-0.25, -0.2) is 4.39 Å². The van der Waals surface area contributed by atoms with E-state index in [1.165, 1.54) is 6.20 Å². The van der Waals surface area contributed by atoms with E-state index in [-0.39, 0.29) is 18.6 Å². The molecule has 0 unspecified atom stereocenters. The van der Waals surface area contributed by atoms with E-state index in [0.717, 1.165) is 52.6 Å². The Morgan fingerprint density at radius 2 is 2.24 bits per heavy atom. The van der Waals surface area contributed by atoms with Crippen molar-refractivity contribution in [2.45, 2.75) is 39.2 Å². The second-order valence-corrected chi connectivity index (χ2v) is 10.8. The SMILES string of the molecule is C=C(F)C(=O)NCCN(C/C(C)=C\N)c1nc(OC[C@@H]2CCCN2C)nc2c1CC=C(c1c(C)ccc3[nH]ncc13)O2. The van der Waals surface area contributed by atoms with E-state index in [4.69, 9.17) is 25.2 Å². The zero-order chi connectivity index (χ0) is 29.8. The monoisotopic (exact) mass is 576 g/mol. The highest BCUT2D eigenvalue weighted by molar-refractivity contribution is 5.92. The maximum absolute atomic E-state index is 13.3. The number of halogens is 1. The van der Waals surface area contributed by atoms with Crippen molar-refractivity contribution in [3.05, 3.63) is 65.3 Å². The summed E-state index contributed by atoms with van der Waals surface area (Å²) in [5.74, 6) is -0.224. The van der Waals surface area contributed by atoms with E-state index in [2.05, 4.69) is 34.0 Å². The topological polar surface area (TPSA) is 135 Å². The smallest absolute Gasteiger partial charge is 0.321 e. The minimum Gasteiger partial charge on any atom is -0.462 e. The largest absolute Gasteiger partial charge is 0.462 e. The summed E-state index contributed by atoms with van der Waals surface area (Å²) in [4.78, 5) is 25.6. The fraction of sp³-hybridized carbons (Fsp3) is 0.400. The first kappa shape index (κ1) is 29.1. The number of anilines is 1. The molecular formula is C30H37FN8O3. The number of aromatic amines is 1. The Balaban J connectivity index is 1.51. The Hall–Kier alpha value is -4.45. The molecule has 0 bridgehead atoms. The number of nitrogens with two attached hydrogens (primary N) is 1. The number of carbonyl (C=O) groups is 1. The molecule has 3 aromatic rings. The Morgan fingerprint density at radius 3 is 2.98 bits per heavy atom. The molecule has 4 heterocycles. The van der Waals surface area contributed by atoms with Gasteiger partial charge in [-0.1, -0.05) is 12.6 Å². The lowest BCUT2D eigenvalue weighted by Gasteiger charge is -2.29. The van der Waals surface area contributed by atoms with Crippen LogP contribution in [0.1, 0.15) is 36.5 Å². The first-order valence-electron chi connectivity index (χ1n) is 14.0. The summed E-state index contributed by atoms with van der Waals surface area (Å²) < 4.78 is 25.9. The van der Waals surface area contributed by atoms with Crippen molar-refractivity contribution < 1.29 is 18.7 Å². The Kier molecular flexibility index (Phi) is 8.72. The van der Waals surface area contributed by atoms with Gasteiger partial charge in [0.1, 0.15) is 18.2 Å². The standard InChI is InChI=1S/C30H37FN8O3/c1-18(14-32)16-39(13-11-33-28(40)20(3)31)27-22-8-10-25(26-19(2)7-9-24-23(26)15-34-37-24)42-29(22)36-30(35-27)41-17-21-6-5-12-38(21)4/h7,9-10,14-15,21H,3,5-6,8,11-13,16-17,32H2,1-2,4H3,(H,33,40)(H,34,37)/b18-14-/t21-/m0/s1. The predicted molar refractivity (Wildman–Crippen MR) is 160 cm³/mol. The molecule has 1 atom stereocenters. The second kappa shape index (κ2) is 12.6. The van der Waals surface area contributed by atoms with Gasteiger partial charge in [0.15, 0.2) is 5.83 Å². The molecule has 0 saturated carbocycles. The van der Waals surface area contributed by atoms with Crippen LogP contribution in [0.4, 0.5) is 10.2 Å². The van der Waals surface area contributed by atoms with Gasteiger partial charge < -0.3 is 30.3 Å². The van der Waals surface area contributed by atoms with Gasteiger partial charge in [-0.05, 0) is 69.8 Å². The number of amides is 1. The highest BCUT2D eigenvalue weighted by atomic mass is 19.1. The molecule has 4 N–H and O–H groups in total. The maximum atomic E-state index is 13.3. The van der Waals surface area contributed by atoms with Crippen LogP contribution in [-0.2, 0) is 11.2 Å². The summed E-state index contributed by atoms with van der Waals surface area (Å²) in [6, 6.07) is 4.49. The number of likely N-dealkylation sites (tertiary alicyclic amines) is 1. The van der Waals surface area contributed by atoms with Crippen LogP contribution in [0.25, 0.3) is 16.7 Å². The third kappa shape index (κ3) is 6.23. The molecule has 1 aromatic carbocycles. The summed E-state index contributed by atoms with van der Waals surface area (Å²) in [6.07, 6.45) is 7.98. The zero-order valence-electron chi connectivity index (χ0n) is 24.2. The van der Waals surface area contributed by atoms with Gasteiger partial charge in [0.25, 0.3) is 5.91 Å². The van der Waals surface area contributed by atoms with Gasteiger partial charge in [-0.3, -0.25) is 9.89 Å². The number of carbonyl (C=O) groups excluding carboxylic acids is 1. The number of fused-ring (bicyclic) bond motifs is 2. The molecule has 11 nitrogen and oxygen atoms in total. The lowest BCUT2D eigenvalue weighted by atomic mass is 10.00. The van der Waals surface area contributed by atoms with Crippen LogP contribution in [0.3, 0.4) is 0 Å². The van der Waals surface area contributed by atoms with Crippen LogP contribution < -0.4 is 25.4 Å². The van der Waals surface area contributed by atoms with Gasteiger partial charge in [-0.15, -0.1) is 0 Å². The van der Waals surface area contributed by atoms with Crippen LogP contribution in [-0.4, -0.2) is 76.8 Å². The fourth-order valence-corrected chi connectivity index (χ4v) is 5.34. The molecule has 42 heavy (non-hydrogen) atoms. The van der Waals surface area contributed by atoms with Crippen LogP contribution >= 0.6 is 0 Å². The van der Waals surface area contributed by atoms with Gasteiger partial charge in [0, 0.05) is 43.0 Å². The molecule has 222 valence electrons. The van der Waals surface area contributed by atoms with E-state index >= 15 is 0 Å². The third-order valence-corrected chi connectivity index (χ3v) is 7.72. The van der Waals surface area contributed by atoms with E-state index in [9.17, 15) is 9.18 Å². The van der Waals surface area contributed by atoms with Crippen molar-refractivity contribution in [3.63, 3.8) is 0 Å². The highest BCUT2D eigenvalue weighted by Crippen LogP contribution is 2.38. The number of nitrogens with one attached hydrogen (secondary N) is 2. The van der Waals surface area contributed by atoms with Crippen LogP contribution in [0, 0.1) is 6.92 Å². The van der Waals surface area contributed by atoms with E-state index in [1.54, 1.807) is 6.20 Å². The van der Waals surface area contributed by atoms with Crippen molar-refractivity contribution in [2.24, 2.45) is 5.73 Å². The quantitative estimate of drug-likeness (QED) is 0.294. The van der Waals surface area contributed by atoms with Crippen LogP contribution in [0.15, 0.2) is 48.6 Å². The fourth-order valence-electron chi connectivity index (χ4n) is 5.34. The van der Waals surface area contributed by atoms with Crippen LogP contribution in [0.5, 0.6) is 11.9 Å². The molecule has 2 aliphatic heterocycles. The normalized spacial score (nSPS) is 17.0. The maximum Gasteiger partial charge on any atom is 0.321 e. The predicted octanol–water partition coefficient (Wildman–Crippen LogP) is 3.38. The molecule has 0 aliphatic carbocycles. The summed E-state index contributed by atoms with van der Waals surface area (Å²) in [5.41, 5.74) is 10.4. The number of hydrogen-bond acceptors (Lipinski definition) is 9. The number of aryl methyl sites for hydroxylation is 1. The van der Waals surface area contributed by atoms with Gasteiger partial charge >= 0.3 is 6.01 Å². The summed E-state index contributed by atoms with van der Waals surface area (Å²) in [7, 11) is 2.09. The van der Waals surface area contributed by atoms with Crippen molar-refractivity contribution in [2.75, 3.05) is 44.7 Å². The average molecular weight is 577 g/mol. The first-order valence-corrected chi connectivity index (χ1v) is 14.0. The van der Waals surface area contributed by atoms with E-state index in [1.807, 2.05) is 37.0 Å². The summed E-state index contributed by atoms with van der Waals surface area (Å²) in [6.45, 7) is 9.37. The Morgan fingerprint density at radius 1 is 1.40 bits per heavy atom. The van der Waals surface area contributed by atoms with Crippen molar-refractivity contribution >= 4 is 28.4 Å². The number of H-pyrrole nitrogens is 1. The van der Waals surface area contributed by atoms with Gasteiger partial charge in [0.05, 0.1) is 17.3 Å². The number of likely N-dealkylation sites (N-methyl/N-ethyl adjacent to an activating group) is 1. The third-order valence-electron chi connectivity index (χ3n) is 7.72. The molecule has 2 aromatic heterocycles. The van der Waals surface area contributed by atoms with Crippen molar-refractivity contribution in [1.29, 1.82) is 0 Å². The molecule has 12 heteroatoms. The number of rotatable bonds is 11. The Labute approximate surface area is 244 Å². The van der Waals surface area contributed by atoms with Crippen molar-refractivity contribution in [1.82, 2.24) is 30.4 Å². The molecule has 1 amide bonds. The van der Waals surface area contributed by atoms with E-state index in [0.29, 0.717) is 43.6 Å². The molecular weight excluding hydrogens is 539 g/mol. The van der Waals surface area contributed by atoms with Gasteiger partial charge in [-0.2, -0.15) is 15.1 Å². The van der Waals surface area contributed by atoms with Gasteiger partial charge in [0.2, 0.25) is 5.88 Å². The molecule has 2 aliphatic rings. The number of aromatic nitrogens is 4. The Bertz CT molecular complexity index is 1550. The highest BCUT2D eigenvalue weighted by Gasteiger charge is 2.28. The number of allylic oxidation sites excluding steroid dienone is 1. The number of hydrogen-bond donors (Lipinski definition) is 3. The molecule has 1 saturated heterocycles. The molecule has 0 spiro atoms. The molecule has 5 rings (SSSR count). The lowest BCUT2D eigenvalue weighted by molar-refractivity contribution is -0.118. The minimum absolute atomic E-state index is 0.158. The second-order valence-electron chi connectivity index (χ2n) is 10.8. The lowest BCUT2D eigenvalue weighted by Crippen LogP contribution is -2.37. The number of ether oxygens (including phenoxy) is 2. The zero-order valence-corrected chi connectivity index (χ0v) is 24.2. The summed E-state index contributed by atoms with van der Waals surface area (Å²) in [5, 5.41) is 10.7. The average Bonchev–Trinajstić information content (AvgIpc) is 3.63. The minimum atomic E-state index is -1.04. The van der Waals surface area contributed by atoms with Crippen LogP contribution in [0.2, 0.25) is 0 Å². The number of benzene rings is 1. The van der Waals surface area contributed by atoms with Crippen molar-refractivity contribution in [3.8, 4) is 11.9 Å². The molecule has 1 fully saturated rings. The van der Waals surface area contributed by atoms with E-state index < -0.39 is 11.7 Å².